The van der Waals surface area contributed by atoms with E-state index in [0.717, 1.165) is 13.0 Å². The van der Waals surface area contributed by atoms with Crippen molar-refractivity contribution in [3.63, 3.8) is 0 Å². The number of amidine groups is 1. The summed E-state index contributed by atoms with van der Waals surface area (Å²) < 4.78 is 4.81. The number of carbonyl (C=O) groups is 1. The smallest absolute Gasteiger partial charge is 0.221 e. The maximum absolute atomic E-state index is 11.2. The fourth-order valence-corrected chi connectivity index (χ4v) is 1.15. The zero-order valence-corrected chi connectivity index (χ0v) is 10.2. The molecule has 0 bridgehead atoms. The second-order valence-corrected chi connectivity index (χ2v) is 3.54. The number of oxime groups is 1. The normalized spacial score (nSPS) is 11.5. The molecule has 17 heavy (non-hydrogen) atoms. The number of nitrogens with zero attached hydrogens (tertiary/aromatic N) is 1. The van der Waals surface area contributed by atoms with Crippen LogP contribution in [0.15, 0.2) is 5.16 Å². The largest absolute Gasteiger partial charge is 0.409 e. The molecule has 7 nitrogen and oxygen atoms in total. The van der Waals surface area contributed by atoms with Gasteiger partial charge in [-0.3, -0.25) is 4.79 Å². The molecule has 0 aliphatic rings. The monoisotopic (exact) mass is 246 g/mol. The number of ether oxygens (including phenoxy) is 1. The first kappa shape index (κ1) is 15.7. The van der Waals surface area contributed by atoms with E-state index in [0.29, 0.717) is 32.5 Å². The molecule has 0 unspecified atom stereocenters. The van der Waals surface area contributed by atoms with Crippen molar-refractivity contribution in [3.05, 3.63) is 0 Å². The first-order valence-corrected chi connectivity index (χ1v) is 5.63. The predicted molar refractivity (Wildman–Crippen MR) is 65.0 cm³/mol. The van der Waals surface area contributed by atoms with Gasteiger partial charge < -0.3 is 26.3 Å². The van der Waals surface area contributed by atoms with Crippen LogP contribution in [0.5, 0.6) is 0 Å². The summed E-state index contributed by atoms with van der Waals surface area (Å²) >= 11 is 0. The minimum absolute atomic E-state index is 0.00554. The zero-order chi connectivity index (χ0) is 12.9. The van der Waals surface area contributed by atoms with Gasteiger partial charge in [-0.05, 0) is 13.0 Å². The molecule has 0 saturated carbocycles. The molecule has 1 amide bonds. The van der Waals surface area contributed by atoms with E-state index < -0.39 is 0 Å². The third-order valence-corrected chi connectivity index (χ3v) is 2.07. The van der Waals surface area contributed by atoms with Gasteiger partial charge in [0.05, 0.1) is 6.61 Å². The summed E-state index contributed by atoms with van der Waals surface area (Å²) in [6.07, 6.45) is 1.76. The second kappa shape index (κ2) is 11.2. The van der Waals surface area contributed by atoms with Crippen LogP contribution in [0.3, 0.4) is 0 Å². The molecular formula is C10H22N4O3. The molecule has 0 aromatic heterocycles. The van der Waals surface area contributed by atoms with Crippen LogP contribution < -0.4 is 16.4 Å². The molecule has 0 aromatic carbocycles. The molecule has 0 fully saturated rings. The van der Waals surface area contributed by atoms with E-state index in [1.807, 2.05) is 0 Å². The quantitative estimate of drug-likeness (QED) is 0.133. The van der Waals surface area contributed by atoms with Crippen LogP contribution in [-0.4, -0.2) is 50.3 Å². The molecular weight excluding hydrogens is 224 g/mol. The minimum atomic E-state index is 0.00554. The lowest BCUT2D eigenvalue weighted by Crippen LogP contribution is -2.30. The summed E-state index contributed by atoms with van der Waals surface area (Å²) in [5, 5.41) is 17.0. The summed E-state index contributed by atoms with van der Waals surface area (Å²) in [4.78, 5) is 11.2. The van der Waals surface area contributed by atoms with Gasteiger partial charge in [0.15, 0.2) is 0 Å². The number of rotatable bonds is 10. The third kappa shape index (κ3) is 10.9. The van der Waals surface area contributed by atoms with E-state index in [1.54, 1.807) is 7.11 Å². The molecule has 0 radical (unpaired) electrons. The van der Waals surface area contributed by atoms with Crippen LogP contribution >= 0.6 is 0 Å². The number of nitrogens with one attached hydrogen (secondary N) is 2. The number of carbonyl (C=O) groups excluding carboxylic acids is 1. The number of hydrogen-bond donors (Lipinski definition) is 4. The first-order valence-electron chi connectivity index (χ1n) is 5.63. The Bertz CT molecular complexity index is 234. The first-order chi connectivity index (χ1) is 8.20. The second-order valence-electron chi connectivity index (χ2n) is 3.54. The van der Waals surface area contributed by atoms with Gasteiger partial charge in [-0.2, -0.15) is 0 Å². The summed E-state index contributed by atoms with van der Waals surface area (Å²) in [7, 11) is 1.59. The molecule has 0 saturated heterocycles. The fourth-order valence-electron chi connectivity index (χ4n) is 1.15. The van der Waals surface area contributed by atoms with Gasteiger partial charge in [-0.15, -0.1) is 0 Å². The van der Waals surface area contributed by atoms with E-state index in [2.05, 4.69) is 15.8 Å². The van der Waals surface area contributed by atoms with Crippen molar-refractivity contribution in [1.82, 2.24) is 10.6 Å². The highest BCUT2D eigenvalue weighted by Crippen LogP contribution is 1.87. The Labute approximate surface area is 101 Å². The van der Waals surface area contributed by atoms with E-state index in [9.17, 15) is 4.79 Å². The predicted octanol–water partition coefficient (Wildman–Crippen LogP) is -0.745. The van der Waals surface area contributed by atoms with Crippen molar-refractivity contribution >= 4 is 11.7 Å². The lowest BCUT2D eigenvalue weighted by atomic mass is 10.3. The summed E-state index contributed by atoms with van der Waals surface area (Å²) in [6, 6.07) is 0. The molecule has 0 spiro atoms. The van der Waals surface area contributed by atoms with Gasteiger partial charge in [0.1, 0.15) is 5.84 Å². The van der Waals surface area contributed by atoms with Gasteiger partial charge in [-0.25, -0.2) is 0 Å². The molecule has 0 heterocycles. The number of hydrogen-bond acceptors (Lipinski definition) is 5. The van der Waals surface area contributed by atoms with Crippen LogP contribution in [0.4, 0.5) is 0 Å². The Morgan fingerprint density at radius 3 is 2.76 bits per heavy atom. The average molecular weight is 246 g/mol. The van der Waals surface area contributed by atoms with Crippen molar-refractivity contribution in [2.45, 2.75) is 19.3 Å². The Kier molecular flexibility index (Phi) is 10.3. The van der Waals surface area contributed by atoms with Gasteiger partial charge >= 0.3 is 0 Å². The molecule has 0 aliphatic carbocycles. The van der Waals surface area contributed by atoms with Gasteiger partial charge in [0, 0.05) is 33.0 Å². The lowest BCUT2D eigenvalue weighted by molar-refractivity contribution is -0.121. The van der Waals surface area contributed by atoms with Gasteiger partial charge in [0.25, 0.3) is 0 Å². The highest BCUT2D eigenvalue weighted by molar-refractivity contribution is 5.79. The van der Waals surface area contributed by atoms with E-state index in [1.165, 1.54) is 0 Å². The molecule has 0 aliphatic heterocycles. The van der Waals surface area contributed by atoms with Gasteiger partial charge in [-0.1, -0.05) is 5.16 Å². The SMILES string of the molecule is COCCNC(=O)CCNCCCC(N)=NO. The van der Waals surface area contributed by atoms with Crippen molar-refractivity contribution in [2.75, 3.05) is 33.4 Å². The van der Waals surface area contributed by atoms with Crippen LogP contribution in [0.2, 0.25) is 0 Å². The fraction of sp³-hybridized carbons (Fsp3) is 0.800. The standard InChI is InChI=1S/C10H22N4O3/c1-17-8-7-13-10(15)4-6-12-5-2-3-9(11)14-16/h12,16H,2-8H2,1H3,(H2,11,14)(H,13,15). The van der Waals surface area contributed by atoms with Crippen LogP contribution in [0.1, 0.15) is 19.3 Å². The summed E-state index contributed by atoms with van der Waals surface area (Å²) in [6.45, 7) is 2.42. The number of methoxy groups -OCH3 is 1. The Balaban J connectivity index is 3.25. The molecule has 0 atom stereocenters. The summed E-state index contributed by atoms with van der Waals surface area (Å²) in [5.74, 6) is 0.232. The van der Waals surface area contributed by atoms with Crippen molar-refractivity contribution in [3.8, 4) is 0 Å². The van der Waals surface area contributed by atoms with Crippen LogP contribution in [0, 0.1) is 0 Å². The zero-order valence-electron chi connectivity index (χ0n) is 10.2. The maximum atomic E-state index is 11.2. The van der Waals surface area contributed by atoms with E-state index >= 15 is 0 Å². The molecule has 5 N–H and O–H groups in total. The Hall–Kier alpha value is -1.34. The minimum Gasteiger partial charge on any atom is -0.409 e. The van der Waals surface area contributed by atoms with Gasteiger partial charge in [0.2, 0.25) is 5.91 Å². The van der Waals surface area contributed by atoms with E-state index in [-0.39, 0.29) is 11.7 Å². The van der Waals surface area contributed by atoms with Crippen LogP contribution in [0.25, 0.3) is 0 Å². The maximum Gasteiger partial charge on any atom is 0.221 e. The lowest BCUT2D eigenvalue weighted by Gasteiger charge is -2.05. The van der Waals surface area contributed by atoms with Crippen molar-refractivity contribution in [1.29, 1.82) is 0 Å². The Morgan fingerprint density at radius 1 is 1.35 bits per heavy atom. The molecule has 0 rings (SSSR count). The molecule has 100 valence electrons. The Morgan fingerprint density at radius 2 is 2.12 bits per heavy atom. The van der Waals surface area contributed by atoms with Crippen molar-refractivity contribution < 1.29 is 14.7 Å². The topological polar surface area (TPSA) is 109 Å². The molecule has 0 aromatic rings. The molecule has 7 heteroatoms. The number of nitrogens with two attached hydrogens (primary N) is 1. The average Bonchev–Trinajstić information content (AvgIpc) is 2.33. The number of amides is 1. The third-order valence-electron chi connectivity index (χ3n) is 2.07. The van der Waals surface area contributed by atoms with Crippen molar-refractivity contribution in [2.24, 2.45) is 10.9 Å². The van der Waals surface area contributed by atoms with Crippen LogP contribution in [-0.2, 0) is 9.53 Å². The highest BCUT2D eigenvalue weighted by Gasteiger charge is 1.99. The highest BCUT2D eigenvalue weighted by atomic mass is 16.5. The summed E-state index contributed by atoms with van der Waals surface area (Å²) in [5.41, 5.74) is 5.30. The van der Waals surface area contributed by atoms with E-state index in [4.69, 9.17) is 15.7 Å².